The van der Waals surface area contributed by atoms with Crippen molar-refractivity contribution >= 4 is 5.96 Å². The number of nitrogens with zero attached hydrogens (tertiary/aromatic N) is 3. The van der Waals surface area contributed by atoms with Crippen molar-refractivity contribution < 1.29 is 9.26 Å². The van der Waals surface area contributed by atoms with Gasteiger partial charge in [-0.25, -0.2) is 4.99 Å². The molecule has 4 rings (SSSR count). The predicted octanol–water partition coefficient (Wildman–Crippen LogP) is 2.10. The third-order valence-electron chi connectivity index (χ3n) is 5.02. The summed E-state index contributed by atoms with van der Waals surface area (Å²) in [6.07, 6.45) is 9.96. The highest BCUT2D eigenvalue weighted by atomic mass is 16.5. The zero-order valence-corrected chi connectivity index (χ0v) is 14.2. The van der Waals surface area contributed by atoms with E-state index in [2.05, 4.69) is 25.8 Å². The van der Waals surface area contributed by atoms with Crippen LogP contribution in [-0.4, -0.2) is 41.4 Å². The Morgan fingerprint density at radius 1 is 1.12 bits per heavy atom. The largest absolute Gasteiger partial charge is 0.376 e. The van der Waals surface area contributed by atoms with Gasteiger partial charge in [0.1, 0.15) is 6.54 Å². The smallest absolute Gasteiger partial charge is 0.248 e. The Bertz CT molecular complexity index is 557. The molecule has 1 saturated heterocycles. The third-order valence-corrected chi connectivity index (χ3v) is 5.02. The summed E-state index contributed by atoms with van der Waals surface area (Å²) >= 11 is 0. The molecular formula is C17H27N5O2. The van der Waals surface area contributed by atoms with E-state index in [4.69, 9.17) is 9.26 Å². The van der Waals surface area contributed by atoms with E-state index in [1.54, 1.807) is 0 Å². The molecule has 2 aliphatic carbocycles. The summed E-state index contributed by atoms with van der Waals surface area (Å²) in [5, 5.41) is 11.0. The highest BCUT2D eigenvalue weighted by molar-refractivity contribution is 5.80. The lowest BCUT2D eigenvalue weighted by Gasteiger charge is -2.19. The van der Waals surface area contributed by atoms with E-state index in [0.29, 0.717) is 30.5 Å². The van der Waals surface area contributed by atoms with Crippen molar-refractivity contribution in [1.82, 2.24) is 20.8 Å². The van der Waals surface area contributed by atoms with Crippen LogP contribution in [0.3, 0.4) is 0 Å². The Morgan fingerprint density at radius 3 is 2.75 bits per heavy atom. The first-order chi connectivity index (χ1) is 11.9. The Kier molecular flexibility index (Phi) is 4.96. The van der Waals surface area contributed by atoms with Crippen LogP contribution in [0.5, 0.6) is 0 Å². The quantitative estimate of drug-likeness (QED) is 0.613. The van der Waals surface area contributed by atoms with Gasteiger partial charge in [0.2, 0.25) is 5.89 Å². The Balaban J connectivity index is 1.34. The highest BCUT2D eigenvalue weighted by Gasteiger charge is 2.28. The molecule has 0 radical (unpaired) electrons. The maximum absolute atomic E-state index is 5.69. The lowest BCUT2D eigenvalue weighted by Crippen LogP contribution is -2.45. The standard InChI is InChI=1S/C17H27N5O2/c1-2-5-13(4-1)20-17(18-10-14-6-3-9-23-14)19-11-15-21-16(22-24-15)12-7-8-12/h12-14H,1-11H2,(H2,18,19,20)/t14-/m0/s1. The molecule has 2 N–H and O–H groups in total. The molecule has 1 aromatic heterocycles. The molecule has 24 heavy (non-hydrogen) atoms. The van der Waals surface area contributed by atoms with Crippen molar-refractivity contribution in [3.63, 3.8) is 0 Å². The van der Waals surface area contributed by atoms with E-state index in [-0.39, 0.29) is 0 Å². The summed E-state index contributed by atoms with van der Waals surface area (Å²) in [6.45, 7) is 2.10. The molecule has 7 heteroatoms. The molecule has 7 nitrogen and oxygen atoms in total. The van der Waals surface area contributed by atoms with Gasteiger partial charge in [0.25, 0.3) is 0 Å². The molecule has 1 atom stereocenters. The molecule has 1 aromatic rings. The minimum Gasteiger partial charge on any atom is -0.376 e. The molecule has 0 spiro atoms. The Morgan fingerprint density at radius 2 is 2.00 bits per heavy atom. The maximum atomic E-state index is 5.69. The average Bonchev–Trinajstić information content (AvgIpc) is 3.04. The van der Waals surface area contributed by atoms with E-state index < -0.39 is 0 Å². The van der Waals surface area contributed by atoms with Crippen LogP contribution in [0.15, 0.2) is 9.52 Å². The SMILES string of the molecule is C1CCC(NC(=NCc2nc(C3CC3)no2)NC[C@@H]2CCCO2)C1. The first-order valence-corrected chi connectivity index (χ1v) is 9.36. The summed E-state index contributed by atoms with van der Waals surface area (Å²) in [6, 6.07) is 0.519. The lowest BCUT2D eigenvalue weighted by atomic mass is 10.2. The van der Waals surface area contributed by atoms with Gasteiger partial charge in [0, 0.05) is 25.1 Å². The van der Waals surface area contributed by atoms with Crippen molar-refractivity contribution in [3.8, 4) is 0 Å². The van der Waals surface area contributed by atoms with Crippen LogP contribution in [-0.2, 0) is 11.3 Å². The third kappa shape index (κ3) is 4.26. The van der Waals surface area contributed by atoms with Crippen LogP contribution in [0.4, 0.5) is 0 Å². The average molecular weight is 333 g/mol. The van der Waals surface area contributed by atoms with Gasteiger partial charge in [0.05, 0.1) is 6.10 Å². The second-order valence-corrected chi connectivity index (χ2v) is 7.13. The van der Waals surface area contributed by atoms with E-state index in [9.17, 15) is 0 Å². The van der Waals surface area contributed by atoms with Gasteiger partial charge in [-0.3, -0.25) is 0 Å². The lowest BCUT2D eigenvalue weighted by molar-refractivity contribution is 0.113. The molecule has 2 heterocycles. The summed E-state index contributed by atoms with van der Waals surface area (Å²) in [7, 11) is 0. The number of aromatic nitrogens is 2. The molecule has 1 aliphatic heterocycles. The van der Waals surface area contributed by atoms with Crippen LogP contribution in [0.25, 0.3) is 0 Å². The Labute approximate surface area is 142 Å². The monoisotopic (exact) mass is 333 g/mol. The van der Waals surface area contributed by atoms with Gasteiger partial charge in [-0.05, 0) is 38.5 Å². The molecule has 3 fully saturated rings. The minimum absolute atomic E-state index is 0.297. The zero-order chi connectivity index (χ0) is 16.2. The highest BCUT2D eigenvalue weighted by Crippen LogP contribution is 2.38. The van der Waals surface area contributed by atoms with Gasteiger partial charge < -0.3 is 19.9 Å². The topological polar surface area (TPSA) is 84.6 Å². The Hall–Kier alpha value is -1.63. The van der Waals surface area contributed by atoms with Crippen molar-refractivity contribution in [2.45, 2.75) is 76.0 Å². The molecule has 132 valence electrons. The summed E-state index contributed by atoms with van der Waals surface area (Å²) in [5.41, 5.74) is 0. The van der Waals surface area contributed by atoms with Crippen LogP contribution in [0.1, 0.15) is 69.0 Å². The minimum atomic E-state index is 0.297. The van der Waals surface area contributed by atoms with E-state index in [0.717, 1.165) is 37.8 Å². The molecule has 3 aliphatic rings. The fraction of sp³-hybridized carbons (Fsp3) is 0.824. The normalized spacial score (nSPS) is 25.3. The number of guanidine groups is 1. The first-order valence-electron chi connectivity index (χ1n) is 9.36. The van der Waals surface area contributed by atoms with Crippen molar-refractivity contribution in [3.05, 3.63) is 11.7 Å². The van der Waals surface area contributed by atoms with Crippen LogP contribution >= 0.6 is 0 Å². The molecular weight excluding hydrogens is 306 g/mol. The number of hydrogen-bond donors (Lipinski definition) is 2. The van der Waals surface area contributed by atoms with Gasteiger partial charge >= 0.3 is 0 Å². The number of nitrogens with one attached hydrogen (secondary N) is 2. The van der Waals surface area contributed by atoms with E-state index in [1.165, 1.54) is 38.5 Å². The molecule has 0 aromatic carbocycles. The fourth-order valence-electron chi connectivity index (χ4n) is 3.42. The number of hydrogen-bond acceptors (Lipinski definition) is 5. The number of ether oxygens (including phenoxy) is 1. The molecule has 0 unspecified atom stereocenters. The van der Waals surface area contributed by atoms with Crippen molar-refractivity contribution in [2.24, 2.45) is 4.99 Å². The maximum Gasteiger partial charge on any atom is 0.248 e. The van der Waals surface area contributed by atoms with Gasteiger partial charge in [-0.1, -0.05) is 18.0 Å². The van der Waals surface area contributed by atoms with Crippen LogP contribution in [0, 0.1) is 0 Å². The summed E-state index contributed by atoms with van der Waals surface area (Å²) < 4.78 is 11.0. The summed E-state index contributed by atoms with van der Waals surface area (Å²) in [4.78, 5) is 9.10. The van der Waals surface area contributed by atoms with E-state index in [1.807, 2.05) is 0 Å². The number of rotatable bonds is 6. The van der Waals surface area contributed by atoms with Crippen molar-refractivity contribution in [2.75, 3.05) is 13.2 Å². The second-order valence-electron chi connectivity index (χ2n) is 7.13. The van der Waals surface area contributed by atoms with Crippen LogP contribution in [0.2, 0.25) is 0 Å². The zero-order valence-electron chi connectivity index (χ0n) is 14.2. The van der Waals surface area contributed by atoms with Gasteiger partial charge in [-0.15, -0.1) is 0 Å². The molecule has 2 saturated carbocycles. The molecule has 0 bridgehead atoms. The number of aliphatic imine (C=N–C) groups is 1. The van der Waals surface area contributed by atoms with Gasteiger partial charge in [-0.2, -0.15) is 4.98 Å². The fourth-order valence-corrected chi connectivity index (χ4v) is 3.42. The molecule has 0 amide bonds. The van der Waals surface area contributed by atoms with Gasteiger partial charge in [0.15, 0.2) is 11.8 Å². The van der Waals surface area contributed by atoms with Crippen molar-refractivity contribution in [1.29, 1.82) is 0 Å². The van der Waals surface area contributed by atoms with Crippen LogP contribution < -0.4 is 10.6 Å². The second kappa shape index (κ2) is 7.51. The predicted molar refractivity (Wildman–Crippen MR) is 89.8 cm³/mol. The first kappa shape index (κ1) is 15.9. The summed E-state index contributed by atoms with van der Waals surface area (Å²) in [5.74, 6) is 2.79. The van der Waals surface area contributed by atoms with E-state index >= 15 is 0 Å².